The van der Waals surface area contributed by atoms with Gasteiger partial charge in [-0.15, -0.1) is 0 Å². The van der Waals surface area contributed by atoms with Gasteiger partial charge in [0.25, 0.3) is 5.79 Å². The number of fused-ring (bicyclic) bond motifs is 3. The summed E-state index contributed by atoms with van der Waals surface area (Å²) in [5, 5.41) is 0. The molecule has 0 saturated carbocycles. The van der Waals surface area contributed by atoms with Crippen LogP contribution < -0.4 is 0 Å². The molecule has 2 aliphatic rings. The molecule has 4 rings (SSSR count). The average Bonchev–Trinajstić information content (AvgIpc) is 2.72. The fourth-order valence-corrected chi connectivity index (χ4v) is 2.83. The zero-order chi connectivity index (χ0) is 13.7. The third-order valence-corrected chi connectivity index (χ3v) is 3.73. The normalized spacial score (nSPS) is 23.0. The summed E-state index contributed by atoms with van der Waals surface area (Å²) in [6.45, 7) is 0. The van der Waals surface area contributed by atoms with Gasteiger partial charge in [-0.25, -0.2) is 9.59 Å². The molecule has 0 saturated heterocycles. The molecule has 4 heteroatoms. The van der Waals surface area contributed by atoms with Crippen molar-refractivity contribution in [2.24, 2.45) is 0 Å². The van der Waals surface area contributed by atoms with Crippen LogP contribution in [0, 0.1) is 0 Å². The fraction of sp³-hybridized carbons (Fsp3) is 0.125. The van der Waals surface area contributed by atoms with E-state index in [1.54, 1.807) is 36.4 Å². The summed E-state index contributed by atoms with van der Waals surface area (Å²) in [5.74, 6) is -2.22. The van der Waals surface area contributed by atoms with E-state index in [0.29, 0.717) is 23.1 Å². The van der Waals surface area contributed by atoms with Crippen LogP contribution in [0.5, 0.6) is 0 Å². The summed E-state index contributed by atoms with van der Waals surface area (Å²) < 4.78 is 10.9. The molecule has 4 nitrogen and oxygen atoms in total. The summed E-state index contributed by atoms with van der Waals surface area (Å²) in [6.07, 6.45) is 0.345. The Morgan fingerprint density at radius 2 is 1.40 bits per heavy atom. The molecular weight excluding hydrogens is 256 g/mol. The minimum atomic E-state index is -1.31. The topological polar surface area (TPSA) is 52.6 Å². The van der Waals surface area contributed by atoms with E-state index < -0.39 is 17.7 Å². The van der Waals surface area contributed by atoms with Crippen LogP contribution in [-0.4, -0.2) is 11.9 Å². The summed E-state index contributed by atoms with van der Waals surface area (Å²) >= 11 is 0. The van der Waals surface area contributed by atoms with Gasteiger partial charge < -0.3 is 9.47 Å². The number of hydrogen-bond acceptors (Lipinski definition) is 4. The standard InChI is InChI=1S/C16H10O4/c17-14-11-6-2-1-5-10(11)9-16(19-14)13-8-4-3-7-12(13)15(18)20-16/h1-8H,9H2/t16-/m1/s1. The van der Waals surface area contributed by atoms with E-state index in [0.717, 1.165) is 5.56 Å². The molecule has 1 atom stereocenters. The highest BCUT2D eigenvalue weighted by atomic mass is 16.7. The number of benzene rings is 2. The Hall–Kier alpha value is -2.62. The lowest BCUT2D eigenvalue weighted by atomic mass is 9.91. The lowest BCUT2D eigenvalue weighted by molar-refractivity contribution is -0.170. The Morgan fingerprint density at radius 1 is 0.800 bits per heavy atom. The summed E-state index contributed by atoms with van der Waals surface area (Å²) in [7, 11) is 0. The van der Waals surface area contributed by atoms with Crippen LogP contribution in [0.1, 0.15) is 31.8 Å². The Kier molecular flexibility index (Phi) is 2.07. The van der Waals surface area contributed by atoms with Crippen molar-refractivity contribution >= 4 is 11.9 Å². The van der Waals surface area contributed by atoms with Crippen LogP contribution in [0.2, 0.25) is 0 Å². The molecule has 2 heterocycles. The summed E-state index contributed by atoms with van der Waals surface area (Å²) in [6, 6.07) is 14.2. The van der Waals surface area contributed by atoms with Crippen molar-refractivity contribution in [3.05, 3.63) is 70.8 Å². The molecule has 0 N–H and O–H groups in total. The number of esters is 2. The van der Waals surface area contributed by atoms with Gasteiger partial charge >= 0.3 is 11.9 Å². The number of rotatable bonds is 0. The molecule has 0 bridgehead atoms. The van der Waals surface area contributed by atoms with Crippen molar-refractivity contribution in [3.63, 3.8) is 0 Å². The zero-order valence-corrected chi connectivity index (χ0v) is 10.5. The number of ether oxygens (including phenoxy) is 2. The first kappa shape index (κ1) is 11.2. The molecule has 0 radical (unpaired) electrons. The third kappa shape index (κ3) is 1.36. The Bertz CT molecular complexity index is 750. The smallest absolute Gasteiger partial charge is 0.342 e. The van der Waals surface area contributed by atoms with Gasteiger partial charge in [-0.2, -0.15) is 0 Å². The second-order valence-electron chi connectivity index (χ2n) is 4.91. The van der Waals surface area contributed by atoms with E-state index >= 15 is 0 Å². The quantitative estimate of drug-likeness (QED) is 0.687. The predicted molar refractivity (Wildman–Crippen MR) is 69.1 cm³/mol. The molecule has 2 aliphatic heterocycles. The third-order valence-electron chi connectivity index (χ3n) is 3.73. The maximum atomic E-state index is 12.1. The van der Waals surface area contributed by atoms with Crippen molar-refractivity contribution in [3.8, 4) is 0 Å². The van der Waals surface area contributed by atoms with Crippen LogP contribution >= 0.6 is 0 Å². The highest BCUT2D eigenvalue weighted by Gasteiger charge is 2.51. The van der Waals surface area contributed by atoms with Crippen LogP contribution in [0.4, 0.5) is 0 Å². The van der Waals surface area contributed by atoms with E-state index in [-0.39, 0.29) is 0 Å². The first-order valence-electron chi connectivity index (χ1n) is 6.34. The van der Waals surface area contributed by atoms with Crippen molar-refractivity contribution in [1.82, 2.24) is 0 Å². The van der Waals surface area contributed by atoms with E-state index in [9.17, 15) is 9.59 Å². The summed E-state index contributed by atoms with van der Waals surface area (Å²) in [5.41, 5.74) is 2.43. The first-order valence-corrected chi connectivity index (χ1v) is 6.34. The number of hydrogen-bond donors (Lipinski definition) is 0. The Balaban J connectivity index is 1.90. The molecule has 0 unspecified atom stereocenters. The molecule has 98 valence electrons. The Morgan fingerprint density at radius 3 is 2.20 bits per heavy atom. The van der Waals surface area contributed by atoms with Gasteiger partial charge in [0.05, 0.1) is 23.1 Å². The lowest BCUT2D eigenvalue weighted by Gasteiger charge is -2.32. The van der Waals surface area contributed by atoms with Crippen LogP contribution in [0.3, 0.4) is 0 Å². The van der Waals surface area contributed by atoms with Crippen LogP contribution in [0.25, 0.3) is 0 Å². The van der Waals surface area contributed by atoms with E-state index in [1.807, 2.05) is 12.1 Å². The molecular formula is C16H10O4. The van der Waals surface area contributed by atoms with Gasteiger partial charge in [-0.05, 0) is 17.7 Å². The molecule has 0 fully saturated rings. The van der Waals surface area contributed by atoms with Crippen LogP contribution in [-0.2, 0) is 21.7 Å². The second-order valence-corrected chi connectivity index (χ2v) is 4.91. The maximum absolute atomic E-state index is 12.1. The van der Waals surface area contributed by atoms with Gasteiger partial charge in [-0.3, -0.25) is 0 Å². The summed E-state index contributed by atoms with van der Waals surface area (Å²) in [4.78, 5) is 24.1. The van der Waals surface area contributed by atoms with Gasteiger partial charge in [-0.1, -0.05) is 36.4 Å². The van der Waals surface area contributed by atoms with Crippen molar-refractivity contribution in [2.75, 3.05) is 0 Å². The van der Waals surface area contributed by atoms with Gasteiger partial charge in [0.15, 0.2) is 0 Å². The monoisotopic (exact) mass is 266 g/mol. The first-order chi connectivity index (χ1) is 9.70. The molecule has 0 aliphatic carbocycles. The molecule has 20 heavy (non-hydrogen) atoms. The molecule has 0 aromatic heterocycles. The molecule has 2 aromatic rings. The van der Waals surface area contributed by atoms with Crippen molar-refractivity contribution < 1.29 is 19.1 Å². The van der Waals surface area contributed by atoms with Gasteiger partial charge in [0.1, 0.15) is 0 Å². The predicted octanol–water partition coefficient (Wildman–Crippen LogP) is 2.42. The fourth-order valence-electron chi connectivity index (χ4n) is 2.83. The highest BCUT2D eigenvalue weighted by Crippen LogP contribution is 2.43. The van der Waals surface area contributed by atoms with Gasteiger partial charge in [0.2, 0.25) is 0 Å². The number of carbonyl (C=O) groups is 2. The second kappa shape index (κ2) is 3.70. The Labute approximate surface area is 114 Å². The van der Waals surface area contributed by atoms with Gasteiger partial charge in [0, 0.05) is 0 Å². The van der Waals surface area contributed by atoms with E-state index in [4.69, 9.17) is 9.47 Å². The minimum absolute atomic E-state index is 0.345. The SMILES string of the molecule is O=C1O[C@]2(Cc3ccccc31)OC(=O)c1ccccc12. The lowest BCUT2D eigenvalue weighted by Crippen LogP contribution is -2.39. The molecule has 1 spiro atoms. The maximum Gasteiger partial charge on any atom is 0.342 e. The van der Waals surface area contributed by atoms with Crippen molar-refractivity contribution in [2.45, 2.75) is 12.2 Å². The zero-order valence-electron chi connectivity index (χ0n) is 10.5. The highest BCUT2D eigenvalue weighted by molar-refractivity contribution is 5.97. The van der Waals surface area contributed by atoms with Crippen molar-refractivity contribution in [1.29, 1.82) is 0 Å². The van der Waals surface area contributed by atoms with Crippen LogP contribution in [0.15, 0.2) is 48.5 Å². The number of carbonyl (C=O) groups excluding carboxylic acids is 2. The largest absolute Gasteiger partial charge is 0.414 e. The molecule has 2 aromatic carbocycles. The molecule has 0 amide bonds. The minimum Gasteiger partial charge on any atom is -0.414 e. The average molecular weight is 266 g/mol. The van der Waals surface area contributed by atoms with E-state index in [2.05, 4.69) is 0 Å². The van der Waals surface area contributed by atoms with E-state index in [1.165, 1.54) is 0 Å².